The van der Waals surface area contributed by atoms with Crippen molar-refractivity contribution in [2.45, 2.75) is 6.92 Å². The van der Waals surface area contributed by atoms with E-state index in [0.717, 1.165) is 33.4 Å². The molecule has 0 unspecified atom stereocenters. The van der Waals surface area contributed by atoms with Crippen molar-refractivity contribution in [1.82, 2.24) is 4.98 Å². The van der Waals surface area contributed by atoms with Crippen LogP contribution in [0.3, 0.4) is 0 Å². The molecule has 1 amide bonds. The normalized spacial score (nSPS) is 10.9. The van der Waals surface area contributed by atoms with Crippen molar-refractivity contribution < 1.29 is 9.36 Å². The van der Waals surface area contributed by atoms with Gasteiger partial charge >= 0.3 is 0 Å². The summed E-state index contributed by atoms with van der Waals surface area (Å²) in [6.07, 6.45) is 0. The molecular weight excluding hydrogens is 276 g/mol. The van der Waals surface area contributed by atoms with Crippen molar-refractivity contribution in [3.63, 3.8) is 0 Å². The predicted octanol–water partition coefficient (Wildman–Crippen LogP) is 2.24. The molecule has 112 valence electrons. The van der Waals surface area contributed by atoms with Crippen LogP contribution >= 0.6 is 0 Å². The SMILES string of the molecule is CNc1ccc2nc3ccc(N(C)C(C)=O)cc3[n+](C)c2c1. The highest BCUT2D eigenvalue weighted by atomic mass is 16.2. The molecule has 1 N–H and O–H groups in total. The zero-order valence-corrected chi connectivity index (χ0v) is 13.2. The quantitative estimate of drug-likeness (QED) is 0.582. The Morgan fingerprint density at radius 1 is 1.14 bits per heavy atom. The fraction of sp³-hybridized carbons (Fsp3) is 0.235. The van der Waals surface area contributed by atoms with E-state index in [1.807, 2.05) is 44.4 Å². The van der Waals surface area contributed by atoms with Crippen LogP contribution in [0.25, 0.3) is 22.1 Å². The van der Waals surface area contributed by atoms with E-state index < -0.39 is 0 Å². The first-order valence-corrected chi connectivity index (χ1v) is 7.17. The number of rotatable bonds is 2. The van der Waals surface area contributed by atoms with Gasteiger partial charge < -0.3 is 10.2 Å². The topological polar surface area (TPSA) is 49.1 Å². The third kappa shape index (κ3) is 2.24. The summed E-state index contributed by atoms with van der Waals surface area (Å²) in [5, 5.41) is 3.14. The number of carbonyl (C=O) groups excluding carboxylic acids is 1. The molecule has 0 radical (unpaired) electrons. The van der Waals surface area contributed by atoms with Crippen molar-refractivity contribution in [2.75, 3.05) is 24.3 Å². The summed E-state index contributed by atoms with van der Waals surface area (Å²) >= 11 is 0. The minimum absolute atomic E-state index is 0.00761. The maximum Gasteiger partial charge on any atom is 0.233 e. The van der Waals surface area contributed by atoms with E-state index in [9.17, 15) is 4.79 Å². The molecule has 1 heterocycles. The van der Waals surface area contributed by atoms with Crippen LogP contribution in [-0.2, 0) is 11.8 Å². The second-order valence-corrected chi connectivity index (χ2v) is 5.38. The Bertz CT molecular complexity index is 889. The second-order valence-electron chi connectivity index (χ2n) is 5.38. The fourth-order valence-corrected chi connectivity index (χ4v) is 2.57. The molecule has 3 rings (SSSR count). The monoisotopic (exact) mass is 295 g/mol. The van der Waals surface area contributed by atoms with Gasteiger partial charge in [0, 0.05) is 38.8 Å². The smallest absolute Gasteiger partial charge is 0.233 e. The molecule has 1 aromatic heterocycles. The third-order valence-electron chi connectivity index (χ3n) is 4.05. The minimum atomic E-state index is 0.00761. The van der Waals surface area contributed by atoms with Crippen LogP contribution < -0.4 is 14.8 Å². The Balaban J connectivity index is 2.29. The van der Waals surface area contributed by atoms with E-state index in [0.29, 0.717) is 0 Å². The van der Waals surface area contributed by atoms with E-state index >= 15 is 0 Å². The van der Waals surface area contributed by atoms with Gasteiger partial charge in [0.2, 0.25) is 16.9 Å². The first-order valence-electron chi connectivity index (χ1n) is 7.17. The van der Waals surface area contributed by atoms with Crippen molar-refractivity contribution in [3.8, 4) is 0 Å². The lowest BCUT2D eigenvalue weighted by Gasteiger charge is -2.14. The van der Waals surface area contributed by atoms with Crippen molar-refractivity contribution in [2.24, 2.45) is 7.05 Å². The predicted molar refractivity (Wildman–Crippen MR) is 89.1 cm³/mol. The van der Waals surface area contributed by atoms with E-state index in [-0.39, 0.29) is 5.91 Å². The zero-order valence-electron chi connectivity index (χ0n) is 13.2. The summed E-state index contributed by atoms with van der Waals surface area (Å²) in [4.78, 5) is 17.9. The van der Waals surface area contributed by atoms with Crippen LogP contribution in [0.4, 0.5) is 11.4 Å². The first kappa shape index (κ1) is 14.3. The Kier molecular flexibility index (Phi) is 3.41. The van der Waals surface area contributed by atoms with E-state index in [1.165, 1.54) is 0 Å². The molecule has 0 atom stereocenters. The molecular formula is C17H19N4O+. The van der Waals surface area contributed by atoms with Gasteiger partial charge in [-0.3, -0.25) is 4.79 Å². The van der Waals surface area contributed by atoms with E-state index in [2.05, 4.69) is 16.0 Å². The molecule has 5 nitrogen and oxygen atoms in total. The summed E-state index contributed by atoms with van der Waals surface area (Å²) in [6.45, 7) is 1.56. The number of aryl methyl sites for hydroxylation is 1. The number of nitrogens with zero attached hydrogens (tertiary/aromatic N) is 3. The average molecular weight is 295 g/mol. The van der Waals surface area contributed by atoms with Crippen LogP contribution in [0.15, 0.2) is 36.4 Å². The lowest BCUT2D eigenvalue weighted by molar-refractivity contribution is -0.617. The lowest BCUT2D eigenvalue weighted by atomic mass is 10.2. The van der Waals surface area contributed by atoms with Gasteiger partial charge in [0.15, 0.2) is 0 Å². The summed E-state index contributed by atoms with van der Waals surface area (Å²) in [7, 11) is 5.69. The molecule has 0 saturated carbocycles. The first-order chi connectivity index (χ1) is 10.5. The Morgan fingerprint density at radius 2 is 1.77 bits per heavy atom. The molecule has 22 heavy (non-hydrogen) atoms. The summed E-state index contributed by atoms with van der Waals surface area (Å²) < 4.78 is 2.11. The van der Waals surface area contributed by atoms with Crippen LogP contribution in [0, 0.1) is 0 Å². The number of benzene rings is 2. The standard InChI is InChI=1S/C17H18N4O/c1-11(22)20(3)13-6-8-15-17(10-13)21(4)16-9-12(18-2)5-7-14(16)19-15/h5-10H,1-4H3/p+1. The maximum atomic E-state index is 11.6. The van der Waals surface area contributed by atoms with Crippen LogP contribution in [0.1, 0.15) is 6.92 Å². The second kappa shape index (κ2) is 5.26. The fourth-order valence-electron chi connectivity index (χ4n) is 2.57. The molecule has 0 aliphatic carbocycles. The third-order valence-corrected chi connectivity index (χ3v) is 4.05. The van der Waals surface area contributed by atoms with Crippen molar-refractivity contribution in [1.29, 1.82) is 0 Å². The van der Waals surface area contributed by atoms with Crippen LogP contribution in [-0.4, -0.2) is 25.0 Å². The minimum Gasteiger partial charge on any atom is -0.388 e. The van der Waals surface area contributed by atoms with Gasteiger partial charge in [0.05, 0.1) is 5.69 Å². The highest BCUT2D eigenvalue weighted by Crippen LogP contribution is 2.22. The molecule has 0 saturated heterocycles. The number of fused-ring (bicyclic) bond motifs is 2. The molecule has 0 aliphatic heterocycles. The van der Waals surface area contributed by atoms with Crippen molar-refractivity contribution >= 4 is 39.3 Å². The van der Waals surface area contributed by atoms with Crippen molar-refractivity contribution in [3.05, 3.63) is 36.4 Å². The number of amides is 1. The molecule has 0 aliphatic rings. The van der Waals surface area contributed by atoms with Gasteiger partial charge in [0.25, 0.3) is 0 Å². The van der Waals surface area contributed by atoms with Gasteiger partial charge in [-0.2, -0.15) is 4.57 Å². The van der Waals surface area contributed by atoms with Gasteiger partial charge in [-0.15, -0.1) is 0 Å². The zero-order chi connectivity index (χ0) is 15.9. The summed E-state index contributed by atoms with van der Waals surface area (Å²) in [5.74, 6) is 0.00761. The number of nitrogens with one attached hydrogen (secondary N) is 1. The van der Waals surface area contributed by atoms with Crippen LogP contribution in [0.5, 0.6) is 0 Å². The molecule has 2 aromatic carbocycles. The van der Waals surface area contributed by atoms with E-state index in [4.69, 9.17) is 4.98 Å². The molecule has 0 spiro atoms. The molecule has 0 bridgehead atoms. The maximum absolute atomic E-state index is 11.6. The summed E-state index contributed by atoms with van der Waals surface area (Å²) in [5.41, 5.74) is 5.80. The van der Waals surface area contributed by atoms with E-state index in [1.54, 1.807) is 18.9 Å². The Hall–Kier alpha value is -2.69. The van der Waals surface area contributed by atoms with Crippen LogP contribution in [0.2, 0.25) is 0 Å². The highest BCUT2D eigenvalue weighted by Gasteiger charge is 2.16. The Labute approximate surface area is 129 Å². The number of hydrogen-bond acceptors (Lipinski definition) is 3. The number of hydrogen-bond donors (Lipinski definition) is 1. The van der Waals surface area contributed by atoms with Gasteiger partial charge in [-0.25, -0.2) is 4.98 Å². The lowest BCUT2D eigenvalue weighted by Crippen LogP contribution is -2.31. The average Bonchev–Trinajstić information content (AvgIpc) is 2.53. The van der Waals surface area contributed by atoms with Gasteiger partial charge in [0.1, 0.15) is 18.1 Å². The molecule has 5 heteroatoms. The highest BCUT2D eigenvalue weighted by molar-refractivity contribution is 5.93. The number of anilines is 2. The Morgan fingerprint density at radius 3 is 2.41 bits per heavy atom. The van der Waals surface area contributed by atoms with Gasteiger partial charge in [-0.1, -0.05) is 0 Å². The largest absolute Gasteiger partial charge is 0.388 e. The number of aromatic nitrogens is 2. The van der Waals surface area contributed by atoms with Gasteiger partial charge in [-0.05, 0) is 24.3 Å². The summed E-state index contributed by atoms with van der Waals surface area (Å²) in [6, 6.07) is 12.0. The molecule has 0 fully saturated rings. The number of carbonyl (C=O) groups is 1. The molecule has 3 aromatic rings.